The SMILES string of the molecule is O=C(c1cc(=O)c2ccccc2o1)N1CCOCC1CO. The number of nitrogens with zero attached hydrogens (tertiary/aromatic N) is 1. The Hall–Kier alpha value is -2.18. The molecule has 3 rings (SSSR count). The summed E-state index contributed by atoms with van der Waals surface area (Å²) in [7, 11) is 0. The smallest absolute Gasteiger partial charge is 0.290 e. The van der Waals surface area contributed by atoms with Gasteiger partial charge >= 0.3 is 0 Å². The van der Waals surface area contributed by atoms with Crippen LogP contribution in [-0.4, -0.2) is 48.3 Å². The first kappa shape index (κ1) is 13.8. The van der Waals surface area contributed by atoms with Gasteiger partial charge in [0.15, 0.2) is 11.2 Å². The van der Waals surface area contributed by atoms with Gasteiger partial charge in [-0.3, -0.25) is 9.59 Å². The zero-order chi connectivity index (χ0) is 14.8. The second-order valence-corrected chi connectivity index (χ2v) is 4.88. The number of aliphatic hydroxyl groups excluding tert-OH is 1. The molecule has 6 nitrogen and oxygen atoms in total. The molecule has 1 aliphatic heterocycles. The molecule has 1 atom stereocenters. The maximum atomic E-state index is 12.5. The fourth-order valence-electron chi connectivity index (χ4n) is 2.42. The highest BCUT2D eigenvalue weighted by atomic mass is 16.5. The van der Waals surface area contributed by atoms with Gasteiger partial charge in [-0.2, -0.15) is 0 Å². The highest BCUT2D eigenvalue weighted by molar-refractivity contribution is 5.93. The van der Waals surface area contributed by atoms with E-state index in [-0.39, 0.29) is 24.4 Å². The lowest BCUT2D eigenvalue weighted by Gasteiger charge is -2.33. The molecule has 1 unspecified atom stereocenters. The summed E-state index contributed by atoms with van der Waals surface area (Å²) in [5, 5.41) is 9.76. The summed E-state index contributed by atoms with van der Waals surface area (Å²) in [5.74, 6) is -0.417. The van der Waals surface area contributed by atoms with Gasteiger partial charge in [0.2, 0.25) is 0 Å². The molecule has 0 spiro atoms. The Morgan fingerprint density at radius 3 is 3.00 bits per heavy atom. The van der Waals surface area contributed by atoms with Crippen molar-refractivity contribution in [2.75, 3.05) is 26.4 Å². The quantitative estimate of drug-likeness (QED) is 0.877. The number of benzene rings is 1. The van der Waals surface area contributed by atoms with E-state index in [0.29, 0.717) is 24.1 Å². The Morgan fingerprint density at radius 1 is 1.38 bits per heavy atom. The van der Waals surface area contributed by atoms with E-state index in [4.69, 9.17) is 9.15 Å². The second kappa shape index (κ2) is 5.67. The molecule has 6 heteroatoms. The summed E-state index contributed by atoms with van der Waals surface area (Å²) in [6, 6.07) is 7.57. The topological polar surface area (TPSA) is 80.0 Å². The average molecular weight is 289 g/mol. The Kier molecular flexibility index (Phi) is 3.72. The normalized spacial score (nSPS) is 18.9. The average Bonchev–Trinajstić information content (AvgIpc) is 2.54. The van der Waals surface area contributed by atoms with Crippen LogP contribution in [0.2, 0.25) is 0 Å². The number of carbonyl (C=O) groups excluding carboxylic acids is 1. The molecule has 1 saturated heterocycles. The van der Waals surface area contributed by atoms with Crippen molar-refractivity contribution < 1.29 is 19.1 Å². The number of rotatable bonds is 2. The summed E-state index contributed by atoms with van der Waals surface area (Å²) in [5.41, 5.74) is 0.121. The molecule has 1 aliphatic rings. The van der Waals surface area contributed by atoms with Gasteiger partial charge in [0.25, 0.3) is 5.91 Å². The van der Waals surface area contributed by atoms with Crippen molar-refractivity contribution in [1.82, 2.24) is 4.90 Å². The summed E-state index contributed by atoms with van der Waals surface area (Å²) >= 11 is 0. The highest BCUT2D eigenvalue weighted by Crippen LogP contribution is 2.16. The monoisotopic (exact) mass is 289 g/mol. The van der Waals surface area contributed by atoms with Crippen molar-refractivity contribution in [2.45, 2.75) is 6.04 Å². The zero-order valence-electron chi connectivity index (χ0n) is 11.3. The van der Waals surface area contributed by atoms with Crippen LogP contribution < -0.4 is 5.43 Å². The molecule has 2 aromatic rings. The molecule has 2 heterocycles. The van der Waals surface area contributed by atoms with Crippen molar-refractivity contribution >= 4 is 16.9 Å². The number of fused-ring (bicyclic) bond motifs is 1. The van der Waals surface area contributed by atoms with Crippen molar-refractivity contribution in [3.8, 4) is 0 Å². The maximum Gasteiger partial charge on any atom is 0.290 e. The molecule has 21 heavy (non-hydrogen) atoms. The van der Waals surface area contributed by atoms with Crippen LogP contribution >= 0.6 is 0 Å². The van der Waals surface area contributed by atoms with Gasteiger partial charge in [-0.15, -0.1) is 0 Å². The minimum atomic E-state index is -0.414. The number of hydrogen-bond donors (Lipinski definition) is 1. The van der Waals surface area contributed by atoms with Crippen molar-refractivity contribution in [1.29, 1.82) is 0 Å². The van der Waals surface area contributed by atoms with E-state index >= 15 is 0 Å². The van der Waals surface area contributed by atoms with Crippen molar-refractivity contribution in [2.24, 2.45) is 0 Å². The van der Waals surface area contributed by atoms with Crippen LogP contribution in [0.1, 0.15) is 10.6 Å². The summed E-state index contributed by atoms with van der Waals surface area (Å²) in [4.78, 5) is 26.0. The van der Waals surface area contributed by atoms with E-state index in [9.17, 15) is 14.7 Å². The molecule has 1 N–H and O–H groups in total. The minimum Gasteiger partial charge on any atom is -0.451 e. The number of hydrogen-bond acceptors (Lipinski definition) is 5. The number of carbonyl (C=O) groups is 1. The Balaban J connectivity index is 1.99. The van der Waals surface area contributed by atoms with Gasteiger partial charge in [0.1, 0.15) is 5.58 Å². The second-order valence-electron chi connectivity index (χ2n) is 4.88. The summed E-state index contributed by atoms with van der Waals surface area (Å²) in [6.45, 7) is 0.851. The van der Waals surface area contributed by atoms with Gasteiger partial charge in [0, 0.05) is 12.6 Å². The summed E-state index contributed by atoms with van der Waals surface area (Å²) < 4.78 is 10.8. The van der Waals surface area contributed by atoms with Crippen LogP contribution in [0.5, 0.6) is 0 Å². The molecule has 1 aromatic carbocycles. The maximum absolute atomic E-state index is 12.5. The van der Waals surface area contributed by atoms with Crippen LogP contribution in [0.25, 0.3) is 11.0 Å². The van der Waals surface area contributed by atoms with Gasteiger partial charge in [0.05, 0.1) is 31.2 Å². The Bertz CT molecular complexity index is 723. The van der Waals surface area contributed by atoms with Crippen molar-refractivity contribution in [3.63, 3.8) is 0 Å². The number of para-hydroxylation sites is 1. The van der Waals surface area contributed by atoms with Crippen LogP contribution in [0, 0.1) is 0 Å². The van der Waals surface area contributed by atoms with Gasteiger partial charge < -0.3 is 19.2 Å². The van der Waals surface area contributed by atoms with E-state index < -0.39 is 11.9 Å². The van der Waals surface area contributed by atoms with Crippen LogP contribution in [0.15, 0.2) is 39.5 Å². The first-order valence-electron chi connectivity index (χ1n) is 6.73. The fourth-order valence-corrected chi connectivity index (χ4v) is 2.42. The lowest BCUT2D eigenvalue weighted by atomic mass is 10.2. The van der Waals surface area contributed by atoms with Crippen LogP contribution in [0.3, 0.4) is 0 Å². The molecule has 1 amide bonds. The van der Waals surface area contributed by atoms with Crippen molar-refractivity contribution in [3.05, 3.63) is 46.3 Å². The Morgan fingerprint density at radius 2 is 2.19 bits per heavy atom. The predicted molar refractivity (Wildman–Crippen MR) is 75.2 cm³/mol. The lowest BCUT2D eigenvalue weighted by Crippen LogP contribution is -2.50. The van der Waals surface area contributed by atoms with E-state index in [0.717, 1.165) is 0 Å². The predicted octanol–water partition coefficient (Wildman–Crippen LogP) is 0.626. The fraction of sp³-hybridized carbons (Fsp3) is 0.333. The Labute approximate surface area is 120 Å². The first-order chi connectivity index (χ1) is 10.2. The zero-order valence-corrected chi connectivity index (χ0v) is 11.3. The number of aliphatic hydroxyl groups is 1. The molecule has 1 fully saturated rings. The lowest BCUT2D eigenvalue weighted by molar-refractivity contribution is -0.0196. The third-order valence-electron chi connectivity index (χ3n) is 3.54. The number of morpholine rings is 1. The molecular formula is C15H15NO5. The molecular weight excluding hydrogens is 274 g/mol. The van der Waals surface area contributed by atoms with Crippen LogP contribution in [0.4, 0.5) is 0 Å². The molecule has 0 bridgehead atoms. The van der Waals surface area contributed by atoms with E-state index in [1.807, 2.05) is 0 Å². The molecule has 0 radical (unpaired) electrons. The molecule has 1 aromatic heterocycles. The highest BCUT2D eigenvalue weighted by Gasteiger charge is 2.29. The first-order valence-corrected chi connectivity index (χ1v) is 6.73. The van der Waals surface area contributed by atoms with Gasteiger partial charge in [-0.05, 0) is 12.1 Å². The third kappa shape index (κ3) is 2.55. The number of ether oxygens (including phenoxy) is 1. The molecule has 110 valence electrons. The van der Waals surface area contributed by atoms with Crippen LogP contribution in [-0.2, 0) is 4.74 Å². The summed E-state index contributed by atoms with van der Waals surface area (Å²) in [6.07, 6.45) is 0. The number of amides is 1. The van der Waals surface area contributed by atoms with Gasteiger partial charge in [-0.25, -0.2) is 0 Å². The molecule has 0 saturated carbocycles. The van der Waals surface area contributed by atoms with E-state index in [2.05, 4.69) is 0 Å². The largest absolute Gasteiger partial charge is 0.451 e. The van der Waals surface area contributed by atoms with E-state index in [1.54, 1.807) is 24.3 Å². The van der Waals surface area contributed by atoms with E-state index in [1.165, 1.54) is 11.0 Å². The standard InChI is InChI=1S/C15H15NO5/c17-8-10-9-20-6-5-16(10)15(19)14-7-12(18)11-3-1-2-4-13(11)21-14/h1-4,7,10,17H,5-6,8-9H2. The third-order valence-corrected chi connectivity index (χ3v) is 3.54. The van der Waals surface area contributed by atoms with Gasteiger partial charge in [-0.1, -0.05) is 12.1 Å². The minimum absolute atomic E-state index is 0.0148. The molecule has 0 aliphatic carbocycles.